The van der Waals surface area contributed by atoms with Gasteiger partial charge < -0.3 is 19.5 Å². The first kappa shape index (κ1) is 20.1. The molecule has 2 saturated heterocycles. The van der Waals surface area contributed by atoms with Crippen LogP contribution in [0.2, 0.25) is 0 Å². The maximum atomic E-state index is 12.8. The number of aromatic carboxylic acids is 1. The van der Waals surface area contributed by atoms with Crippen LogP contribution in [0.25, 0.3) is 11.1 Å². The van der Waals surface area contributed by atoms with Crippen LogP contribution in [-0.4, -0.2) is 54.8 Å². The fraction of sp³-hybridized carbons (Fsp3) is 0.440. The lowest BCUT2D eigenvalue weighted by Crippen LogP contribution is -2.37. The largest absolute Gasteiger partial charge is 0.496 e. The van der Waals surface area contributed by atoms with E-state index in [4.69, 9.17) is 9.47 Å². The van der Waals surface area contributed by atoms with Crippen molar-refractivity contribution in [3.05, 3.63) is 53.6 Å². The molecule has 2 aliphatic heterocycles. The highest BCUT2D eigenvalue weighted by Crippen LogP contribution is 2.65. The molecule has 1 N–H and O–H groups in total. The summed E-state index contributed by atoms with van der Waals surface area (Å²) in [6.45, 7) is 2.06. The lowest BCUT2D eigenvalue weighted by atomic mass is 9.91. The number of hydrogen-bond acceptors (Lipinski definition) is 4. The minimum atomic E-state index is -0.929. The Balaban J connectivity index is 1.43. The molecule has 162 valence electrons. The van der Waals surface area contributed by atoms with Gasteiger partial charge in [-0.2, -0.15) is 0 Å². The van der Waals surface area contributed by atoms with Crippen LogP contribution in [0.3, 0.4) is 0 Å². The van der Waals surface area contributed by atoms with E-state index in [1.165, 1.54) is 0 Å². The van der Waals surface area contributed by atoms with Crippen molar-refractivity contribution >= 4 is 11.9 Å². The molecular weight excluding hydrogens is 394 g/mol. The summed E-state index contributed by atoms with van der Waals surface area (Å²) in [6.07, 6.45) is 3.24. The summed E-state index contributed by atoms with van der Waals surface area (Å²) in [5.74, 6) is -0.0317. The number of methoxy groups -OCH3 is 1. The van der Waals surface area contributed by atoms with E-state index in [0.29, 0.717) is 24.5 Å². The summed E-state index contributed by atoms with van der Waals surface area (Å²) >= 11 is 0. The average Bonchev–Trinajstić information content (AvgIpc) is 3.14. The van der Waals surface area contributed by atoms with Gasteiger partial charge in [0.05, 0.1) is 12.7 Å². The molecule has 3 atom stereocenters. The molecule has 5 rings (SSSR count). The van der Waals surface area contributed by atoms with Crippen LogP contribution in [0.1, 0.15) is 47.5 Å². The Morgan fingerprint density at radius 1 is 1.23 bits per heavy atom. The van der Waals surface area contributed by atoms with Gasteiger partial charge in [0.25, 0.3) is 5.91 Å². The van der Waals surface area contributed by atoms with Crippen molar-refractivity contribution in [1.29, 1.82) is 0 Å². The van der Waals surface area contributed by atoms with Crippen LogP contribution in [0.4, 0.5) is 0 Å². The van der Waals surface area contributed by atoms with Gasteiger partial charge in [0.2, 0.25) is 0 Å². The van der Waals surface area contributed by atoms with E-state index in [1.54, 1.807) is 13.2 Å². The first-order valence-corrected chi connectivity index (χ1v) is 10.9. The van der Waals surface area contributed by atoms with E-state index in [0.717, 1.165) is 48.9 Å². The SMILES string of the molecule is COc1cc([C@H]2C[C@@]23CCN(C(=O)[C@H]2CCCO2)C3)c(C(=O)O)cc1-c1ccccc1. The lowest BCUT2D eigenvalue weighted by Gasteiger charge is -2.20. The smallest absolute Gasteiger partial charge is 0.335 e. The third-order valence-corrected chi connectivity index (χ3v) is 7.15. The molecule has 1 aliphatic carbocycles. The summed E-state index contributed by atoms with van der Waals surface area (Å²) in [4.78, 5) is 26.9. The zero-order valence-electron chi connectivity index (χ0n) is 17.7. The first-order valence-electron chi connectivity index (χ1n) is 10.9. The quantitative estimate of drug-likeness (QED) is 0.791. The van der Waals surface area contributed by atoms with Gasteiger partial charge in [-0.15, -0.1) is 0 Å². The minimum absolute atomic E-state index is 0.0300. The van der Waals surface area contributed by atoms with Crippen molar-refractivity contribution in [2.75, 3.05) is 26.8 Å². The van der Waals surface area contributed by atoms with Crippen molar-refractivity contribution in [3.63, 3.8) is 0 Å². The monoisotopic (exact) mass is 421 g/mol. The van der Waals surface area contributed by atoms with Gasteiger partial charge in [0, 0.05) is 25.3 Å². The molecule has 3 aliphatic rings. The van der Waals surface area contributed by atoms with E-state index in [-0.39, 0.29) is 23.3 Å². The van der Waals surface area contributed by atoms with Crippen LogP contribution in [0, 0.1) is 5.41 Å². The third-order valence-electron chi connectivity index (χ3n) is 7.15. The summed E-state index contributed by atoms with van der Waals surface area (Å²) < 4.78 is 11.2. The number of nitrogens with zero attached hydrogens (tertiary/aromatic N) is 1. The molecule has 3 fully saturated rings. The van der Waals surface area contributed by atoms with Crippen molar-refractivity contribution in [2.45, 2.75) is 37.7 Å². The van der Waals surface area contributed by atoms with Gasteiger partial charge in [-0.3, -0.25) is 4.79 Å². The summed E-state index contributed by atoms with van der Waals surface area (Å²) in [6, 6.07) is 13.3. The number of carbonyl (C=O) groups is 2. The zero-order chi connectivity index (χ0) is 21.6. The maximum absolute atomic E-state index is 12.8. The minimum Gasteiger partial charge on any atom is -0.496 e. The second-order valence-corrected chi connectivity index (χ2v) is 8.94. The van der Waals surface area contributed by atoms with Crippen LogP contribution < -0.4 is 4.74 Å². The number of carbonyl (C=O) groups excluding carboxylic acids is 1. The summed E-state index contributed by atoms with van der Waals surface area (Å²) in [5, 5.41) is 9.97. The Kier molecular flexibility index (Phi) is 4.97. The van der Waals surface area contributed by atoms with E-state index in [1.807, 2.05) is 41.3 Å². The number of rotatable bonds is 5. The number of carboxylic acids is 1. The van der Waals surface area contributed by atoms with Gasteiger partial charge in [-0.25, -0.2) is 4.79 Å². The van der Waals surface area contributed by atoms with Crippen molar-refractivity contribution in [1.82, 2.24) is 4.90 Å². The Hall–Kier alpha value is -2.86. The molecular formula is C25H27NO5. The van der Waals surface area contributed by atoms with E-state index in [2.05, 4.69) is 0 Å². The van der Waals surface area contributed by atoms with Crippen molar-refractivity contribution < 1.29 is 24.2 Å². The molecule has 2 aromatic carbocycles. The highest BCUT2D eigenvalue weighted by molar-refractivity contribution is 5.93. The molecule has 0 bridgehead atoms. The fourth-order valence-corrected chi connectivity index (χ4v) is 5.38. The predicted octanol–water partition coefficient (Wildman–Crippen LogP) is 3.95. The molecule has 0 aromatic heterocycles. The predicted molar refractivity (Wildman–Crippen MR) is 115 cm³/mol. The van der Waals surface area contributed by atoms with Gasteiger partial charge in [0.1, 0.15) is 11.9 Å². The van der Waals surface area contributed by atoms with Gasteiger partial charge in [0.15, 0.2) is 0 Å². The maximum Gasteiger partial charge on any atom is 0.335 e. The number of likely N-dealkylation sites (tertiary alicyclic amines) is 1. The molecule has 0 radical (unpaired) electrons. The molecule has 31 heavy (non-hydrogen) atoms. The standard InChI is InChI=1S/C25H27NO5/c1-30-22-13-18(19(24(28)29)12-17(22)16-6-3-2-4-7-16)20-14-25(20)9-10-26(15-25)23(27)21-8-5-11-31-21/h2-4,6-7,12-13,20-21H,5,8-11,14-15H2,1H3,(H,28,29)/t20-,21-,25-/m1/s1. The Morgan fingerprint density at radius 3 is 2.71 bits per heavy atom. The molecule has 1 spiro atoms. The zero-order valence-corrected chi connectivity index (χ0v) is 17.7. The van der Waals surface area contributed by atoms with E-state index >= 15 is 0 Å². The molecule has 1 saturated carbocycles. The number of hydrogen-bond donors (Lipinski definition) is 1. The second kappa shape index (κ2) is 7.68. The van der Waals surface area contributed by atoms with Crippen molar-refractivity contribution in [2.24, 2.45) is 5.41 Å². The number of amides is 1. The summed E-state index contributed by atoms with van der Waals surface area (Å²) in [7, 11) is 1.62. The Labute approximate surface area is 181 Å². The normalized spacial score (nSPS) is 26.9. The second-order valence-electron chi connectivity index (χ2n) is 8.94. The van der Waals surface area contributed by atoms with Gasteiger partial charge in [-0.1, -0.05) is 30.3 Å². The molecule has 6 heteroatoms. The van der Waals surface area contributed by atoms with Crippen molar-refractivity contribution in [3.8, 4) is 16.9 Å². The van der Waals surface area contributed by atoms with Crippen LogP contribution in [0.5, 0.6) is 5.75 Å². The molecule has 2 aromatic rings. The van der Waals surface area contributed by atoms with Gasteiger partial charge >= 0.3 is 5.97 Å². The highest BCUT2D eigenvalue weighted by Gasteiger charge is 2.59. The number of benzene rings is 2. The molecule has 2 heterocycles. The number of carboxylic acid groups (broad SMARTS) is 1. The van der Waals surface area contributed by atoms with E-state index in [9.17, 15) is 14.7 Å². The van der Waals surface area contributed by atoms with Crippen LogP contribution in [0.15, 0.2) is 42.5 Å². The Morgan fingerprint density at radius 2 is 2.03 bits per heavy atom. The third kappa shape index (κ3) is 3.49. The lowest BCUT2D eigenvalue weighted by molar-refractivity contribution is -0.140. The van der Waals surface area contributed by atoms with Crippen LogP contribution >= 0.6 is 0 Å². The summed E-state index contributed by atoms with van der Waals surface area (Å²) in [5.41, 5.74) is 2.81. The topological polar surface area (TPSA) is 76.1 Å². The number of ether oxygens (including phenoxy) is 2. The van der Waals surface area contributed by atoms with Crippen LogP contribution in [-0.2, 0) is 9.53 Å². The highest BCUT2D eigenvalue weighted by atomic mass is 16.5. The Bertz CT molecular complexity index is 1010. The molecule has 0 unspecified atom stereocenters. The molecule has 6 nitrogen and oxygen atoms in total. The first-order chi connectivity index (χ1) is 15.0. The van der Waals surface area contributed by atoms with Gasteiger partial charge in [-0.05, 0) is 60.3 Å². The molecule has 1 amide bonds. The van der Waals surface area contributed by atoms with E-state index < -0.39 is 5.97 Å². The average molecular weight is 421 g/mol. The fourth-order valence-electron chi connectivity index (χ4n) is 5.38.